The summed E-state index contributed by atoms with van der Waals surface area (Å²) in [5.41, 5.74) is -2.11. The predicted octanol–water partition coefficient (Wildman–Crippen LogP) is 3.96. The van der Waals surface area contributed by atoms with Crippen molar-refractivity contribution in [1.29, 1.82) is 0 Å². The smallest absolute Gasteiger partial charge is 0.259 e. The molecule has 1 fully saturated rings. The maximum Gasteiger partial charge on any atom is 0.259 e. The number of nitrogens with zero attached hydrogens (tertiary/aromatic N) is 3. The lowest BCUT2D eigenvalue weighted by Crippen LogP contribution is -2.44. The molecule has 0 aromatic heterocycles. The zero-order valence-electron chi connectivity index (χ0n) is 20.1. The Balaban J connectivity index is 2.26. The van der Waals surface area contributed by atoms with Crippen LogP contribution in [0, 0.1) is 19.3 Å². The molecule has 8 heteroatoms. The van der Waals surface area contributed by atoms with Gasteiger partial charge in [-0.2, -0.15) is 0 Å². The first-order chi connectivity index (χ1) is 15.3. The molecule has 148 valence electrons. The number of carbonyl (C=O) groups is 2. The molecule has 29 heavy (non-hydrogen) atoms. The first-order valence-corrected chi connectivity index (χ1v) is 8.90. The molecule has 2 amide bonds. The van der Waals surface area contributed by atoms with Crippen molar-refractivity contribution in [2.45, 2.75) is 26.3 Å². The molecule has 2 aromatic carbocycles. The molecule has 0 unspecified atom stereocenters. The first kappa shape index (κ1) is 15.6. The van der Waals surface area contributed by atoms with Gasteiger partial charge in [-0.15, -0.1) is 0 Å². The Hall–Kier alpha value is -3.31. The number of amides is 2. The summed E-state index contributed by atoms with van der Waals surface area (Å²) in [5, 5.41) is 1.99. The van der Waals surface area contributed by atoms with Gasteiger partial charge in [-0.25, -0.2) is 9.24 Å². The zero-order chi connectivity index (χ0) is 25.0. The Morgan fingerprint density at radius 1 is 1.31 bits per heavy atom. The van der Waals surface area contributed by atoms with Crippen molar-refractivity contribution >= 4 is 46.2 Å². The lowest BCUT2D eigenvalue weighted by molar-refractivity contribution is -0.120. The Labute approximate surface area is 179 Å². The summed E-state index contributed by atoms with van der Waals surface area (Å²) < 4.78 is 48.3. The average Bonchev–Trinajstić information content (AvgIpc) is 2.93. The number of nitrogens with one attached hydrogen (secondary N) is 1. The molecule has 0 spiro atoms. The molecular formula is C21H19FN4O2S. The molecule has 0 saturated carbocycles. The highest BCUT2D eigenvalue weighted by Gasteiger charge is 2.50. The second-order valence-corrected chi connectivity index (χ2v) is 7.14. The molecule has 0 bridgehead atoms. The van der Waals surface area contributed by atoms with E-state index in [0.29, 0.717) is 0 Å². The van der Waals surface area contributed by atoms with Crippen molar-refractivity contribution in [3.8, 4) is 0 Å². The van der Waals surface area contributed by atoms with Gasteiger partial charge in [-0.3, -0.25) is 14.5 Å². The fraction of sp³-hybridized carbons (Fsp3) is 0.238. The van der Waals surface area contributed by atoms with E-state index in [4.69, 9.17) is 24.3 Å². The van der Waals surface area contributed by atoms with Crippen LogP contribution in [0.15, 0.2) is 36.3 Å². The highest BCUT2D eigenvalue weighted by molar-refractivity contribution is 7.81. The van der Waals surface area contributed by atoms with E-state index in [2.05, 4.69) is 10.2 Å². The molecule has 1 heterocycles. The van der Waals surface area contributed by atoms with Crippen molar-refractivity contribution < 1.29 is 19.5 Å². The lowest BCUT2D eigenvalue weighted by atomic mass is 10.0. The summed E-state index contributed by atoms with van der Waals surface area (Å²) in [6.07, 6.45) is 0. The van der Waals surface area contributed by atoms with Gasteiger partial charge in [0.1, 0.15) is 11.4 Å². The van der Waals surface area contributed by atoms with Crippen LogP contribution < -0.4 is 15.1 Å². The van der Waals surface area contributed by atoms with E-state index in [-0.39, 0.29) is 39.8 Å². The molecule has 1 N–H and O–H groups in total. The maximum atomic E-state index is 14.9. The quantitative estimate of drug-likeness (QED) is 0.610. The van der Waals surface area contributed by atoms with Crippen LogP contribution in [0.4, 0.5) is 21.5 Å². The van der Waals surface area contributed by atoms with Crippen LogP contribution in [0.2, 0.25) is 0 Å². The van der Waals surface area contributed by atoms with Crippen molar-refractivity contribution in [2.24, 2.45) is 0 Å². The Morgan fingerprint density at radius 3 is 2.59 bits per heavy atom. The van der Waals surface area contributed by atoms with Crippen LogP contribution >= 0.6 is 12.2 Å². The van der Waals surface area contributed by atoms with Gasteiger partial charge >= 0.3 is 0 Å². The number of hydrogen-bond acceptors (Lipinski definition) is 3. The van der Waals surface area contributed by atoms with Crippen LogP contribution in [0.1, 0.15) is 35.3 Å². The minimum absolute atomic E-state index is 0.0937. The normalized spacial score (nSPS) is 17.4. The topological polar surface area (TPSA) is 57.0 Å². The number of thiocarbonyl (C=S) groups is 1. The third-order valence-corrected chi connectivity index (χ3v) is 4.93. The maximum absolute atomic E-state index is 14.9. The molecular weight excluding hydrogens is 391 g/mol. The summed E-state index contributed by atoms with van der Waals surface area (Å²) in [6.45, 7) is 11.6. The summed E-state index contributed by atoms with van der Waals surface area (Å²) in [4.78, 5) is 30.7. The molecule has 0 radical (unpaired) electrons. The largest absolute Gasteiger partial charge is 0.355 e. The van der Waals surface area contributed by atoms with Gasteiger partial charge in [0.15, 0.2) is 10.8 Å². The van der Waals surface area contributed by atoms with E-state index < -0.39 is 40.8 Å². The lowest BCUT2D eigenvalue weighted by Gasteiger charge is -2.29. The summed E-state index contributed by atoms with van der Waals surface area (Å²) in [5.74, 6) is -2.64. The van der Waals surface area contributed by atoms with E-state index >= 15 is 0 Å². The van der Waals surface area contributed by atoms with Crippen LogP contribution in [0.3, 0.4) is 0 Å². The summed E-state index contributed by atoms with van der Waals surface area (Å²) >= 11 is 5.48. The minimum atomic E-state index is -1.51. The average molecular weight is 414 g/mol. The third-order valence-electron chi connectivity index (χ3n) is 4.56. The van der Waals surface area contributed by atoms with Crippen LogP contribution in [0.25, 0.3) is 4.85 Å². The molecule has 6 nitrogen and oxygen atoms in total. The van der Waals surface area contributed by atoms with Gasteiger partial charge in [-0.05, 0) is 68.8 Å². The van der Waals surface area contributed by atoms with Crippen LogP contribution in [-0.4, -0.2) is 29.5 Å². The second kappa shape index (κ2) is 7.26. The van der Waals surface area contributed by atoms with Crippen molar-refractivity contribution in [2.75, 3.05) is 16.8 Å². The van der Waals surface area contributed by atoms with E-state index in [1.165, 1.54) is 33.9 Å². The Morgan fingerprint density at radius 2 is 1.97 bits per heavy atom. The minimum Gasteiger partial charge on any atom is -0.355 e. The van der Waals surface area contributed by atoms with Gasteiger partial charge in [-0.1, -0.05) is 6.07 Å². The van der Waals surface area contributed by atoms with E-state index in [1.54, 1.807) is 0 Å². The Kier molecular flexibility index (Phi) is 3.90. The zero-order valence-corrected chi connectivity index (χ0v) is 16.9. The van der Waals surface area contributed by atoms with Gasteiger partial charge in [0.25, 0.3) is 11.8 Å². The molecule has 1 aliphatic heterocycles. The molecule has 1 aliphatic rings. The number of benzene rings is 2. The molecule has 2 aromatic rings. The predicted molar refractivity (Wildman–Crippen MR) is 114 cm³/mol. The van der Waals surface area contributed by atoms with Gasteiger partial charge in [0, 0.05) is 18.4 Å². The highest BCUT2D eigenvalue weighted by Crippen LogP contribution is 2.37. The molecule has 3 rings (SSSR count). The van der Waals surface area contributed by atoms with Gasteiger partial charge < -0.3 is 10.2 Å². The summed E-state index contributed by atoms with van der Waals surface area (Å²) in [7, 11) is 1.29. The van der Waals surface area contributed by atoms with E-state index in [0.717, 1.165) is 15.9 Å². The first-order valence-electron chi connectivity index (χ1n) is 10.5. The monoisotopic (exact) mass is 414 g/mol. The number of anilines is 2. The standard InChI is InChI=1S/C21H19FN4O2S/c1-12-10-13(7-9-17(12)23-4)25-19(28)21(2,3)26(20(25)29)14-6-8-15(16(22)11-14)18(27)24-5/h6-11H,1-3,5H3,(H,24,27)/i6D,7D,10D,11D. The molecule has 0 atom stereocenters. The fourth-order valence-corrected chi connectivity index (χ4v) is 3.45. The van der Waals surface area contributed by atoms with Crippen LogP contribution in [-0.2, 0) is 4.79 Å². The number of rotatable bonds is 3. The van der Waals surface area contributed by atoms with Gasteiger partial charge in [0.05, 0.1) is 17.6 Å². The number of carbonyl (C=O) groups excluding carboxylic acids is 2. The molecule has 0 aliphatic carbocycles. The SMILES string of the molecule is [2H]c1cc([N+]#[C-])c(C)c([2H])c1N1C(=O)C(C)(C)N(c2c([2H])cc(C(=O)NC)c(F)c2[2H])C1=S. The highest BCUT2D eigenvalue weighted by atomic mass is 32.1. The second-order valence-electron chi connectivity index (χ2n) is 6.77. The Bertz CT molecular complexity index is 1290. The fourth-order valence-electron chi connectivity index (χ4n) is 2.96. The van der Waals surface area contributed by atoms with Crippen LogP contribution in [0.5, 0.6) is 0 Å². The third kappa shape index (κ3) is 3.23. The summed E-state index contributed by atoms with van der Waals surface area (Å²) in [6, 6.07) is 0.479. The molecule has 1 saturated heterocycles. The van der Waals surface area contributed by atoms with E-state index in [1.807, 2.05) is 0 Å². The van der Waals surface area contributed by atoms with E-state index in [9.17, 15) is 14.0 Å². The van der Waals surface area contributed by atoms with Gasteiger partial charge in [0.2, 0.25) is 0 Å². The van der Waals surface area contributed by atoms with Crippen molar-refractivity contribution in [3.05, 3.63) is 64.7 Å². The number of halogens is 1. The van der Waals surface area contributed by atoms with Crippen molar-refractivity contribution in [1.82, 2.24) is 5.32 Å². The number of hydrogen-bond donors (Lipinski definition) is 1. The van der Waals surface area contributed by atoms with Crippen molar-refractivity contribution in [3.63, 3.8) is 0 Å².